The third kappa shape index (κ3) is 3.02. The highest BCUT2D eigenvalue weighted by Gasteiger charge is 2.23. The second-order valence-electron chi connectivity index (χ2n) is 7.32. The average molecular weight is 400 g/mol. The van der Waals surface area contributed by atoms with Crippen molar-refractivity contribution in [2.24, 2.45) is 0 Å². The number of aryl methyl sites for hydroxylation is 3. The van der Waals surface area contributed by atoms with Crippen LogP contribution >= 0.6 is 22.7 Å². The fourth-order valence-electron chi connectivity index (χ4n) is 4.18. The summed E-state index contributed by atoms with van der Waals surface area (Å²) in [5.74, 6) is 0.117. The van der Waals surface area contributed by atoms with Crippen LogP contribution in [0.15, 0.2) is 22.6 Å². The number of carbonyl (C=O) groups is 1. The first-order valence-corrected chi connectivity index (χ1v) is 11.2. The van der Waals surface area contributed by atoms with Crippen molar-refractivity contribution in [3.8, 4) is 0 Å². The summed E-state index contributed by atoms with van der Waals surface area (Å²) in [6.45, 7) is 1.87. The Bertz CT molecular complexity index is 1080. The fourth-order valence-corrected chi connectivity index (χ4v) is 6.29. The van der Waals surface area contributed by atoms with Crippen molar-refractivity contribution in [2.75, 3.05) is 6.54 Å². The smallest absolute Gasteiger partial charge is 0.262 e. The highest BCUT2D eigenvalue weighted by molar-refractivity contribution is 7.18. The van der Waals surface area contributed by atoms with E-state index in [1.165, 1.54) is 27.3 Å². The molecule has 0 spiro atoms. The minimum atomic E-state index is 0.0194. The van der Waals surface area contributed by atoms with Crippen LogP contribution in [0.5, 0.6) is 0 Å². The normalized spacial score (nSPS) is 16.4. The van der Waals surface area contributed by atoms with Gasteiger partial charge in [-0.15, -0.1) is 22.7 Å². The zero-order chi connectivity index (χ0) is 18.4. The predicted octanol–water partition coefficient (Wildman–Crippen LogP) is 3.37. The number of hydrogen-bond donors (Lipinski definition) is 0. The molecule has 1 aliphatic carbocycles. The van der Waals surface area contributed by atoms with Crippen molar-refractivity contribution in [3.63, 3.8) is 0 Å². The standard InChI is InChI=1S/C20H21N3O2S2/c24-17(22-8-5-15-13(11-22)7-10-26-15)6-9-23-12-21-19-18(20(23)25)14-3-1-2-4-16(14)27-19/h7,10,12H,1-6,8-9,11H2. The van der Waals surface area contributed by atoms with Gasteiger partial charge < -0.3 is 4.90 Å². The number of aromatic nitrogens is 2. The molecular weight excluding hydrogens is 378 g/mol. The van der Waals surface area contributed by atoms with E-state index in [-0.39, 0.29) is 11.5 Å². The molecule has 0 saturated carbocycles. The summed E-state index contributed by atoms with van der Waals surface area (Å²) in [5.41, 5.74) is 2.50. The van der Waals surface area contributed by atoms with Crippen LogP contribution in [-0.2, 0) is 37.1 Å². The molecule has 0 aromatic carbocycles. The van der Waals surface area contributed by atoms with Crippen LogP contribution in [0.25, 0.3) is 10.2 Å². The Labute approximate surface area is 165 Å². The zero-order valence-electron chi connectivity index (χ0n) is 15.1. The summed E-state index contributed by atoms with van der Waals surface area (Å²) in [6.07, 6.45) is 7.29. The number of hydrogen-bond acceptors (Lipinski definition) is 5. The molecule has 0 saturated heterocycles. The van der Waals surface area contributed by atoms with E-state index >= 15 is 0 Å². The molecule has 2 aliphatic rings. The first kappa shape index (κ1) is 17.1. The molecule has 1 amide bonds. The molecule has 3 aromatic rings. The van der Waals surface area contributed by atoms with Crippen LogP contribution in [0.2, 0.25) is 0 Å². The van der Waals surface area contributed by atoms with E-state index in [4.69, 9.17) is 0 Å². The molecule has 5 rings (SSSR count). The van der Waals surface area contributed by atoms with E-state index in [0.29, 0.717) is 19.5 Å². The maximum absolute atomic E-state index is 13.0. The third-order valence-corrected chi connectivity index (χ3v) is 7.89. The second-order valence-corrected chi connectivity index (χ2v) is 9.40. The Hall–Kier alpha value is -1.99. The summed E-state index contributed by atoms with van der Waals surface area (Å²) in [5, 5.41) is 2.89. The lowest BCUT2D eigenvalue weighted by atomic mass is 9.97. The first-order chi connectivity index (χ1) is 13.2. The Kier molecular flexibility index (Phi) is 4.36. The van der Waals surface area contributed by atoms with Crippen molar-refractivity contribution in [2.45, 2.75) is 51.6 Å². The third-order valence-electron chi connectivity index (χ3n) is 5.67. The van der Waals surface area contributed by atoms with Crippen molar-refractivity contribution in [1.29, 1.82) is 0 Å². The van der Waals surface area contributed by atoms with Gasteiger partial charge in [0.1, 0.15) is 4.83 Å². The molecule has 4 heterocycles. The van der Waals surface area contributed by atoms with E-state index in [9.17, 15) is 9.59 Å². The van der Waals surface area contributed by atoms with Crippen molar-refractivity contribution in [3.05, 3.63) is 49.0 Å². The van der Waals surface area contributed by atoms with E-state index < -0.39 is 0 Å². The molecule has 27 heavy (non-hydrogen) atoms. The summed E-state index contributed by atoms with van der Waals surface area (Å²) in [4.78, 5) is 35.7. The van der Waals surface area contributed by atoms with E-state index in [1.807, 2.05) is 4.90 Å². The largest absolute Gasteiger partial charge is 0.338 e. The number of rotatable bonds is 3. The van der Waals surface area contributed by atoms with Crippen molar-refractivity contribution in [1.82, 2.24) is 14.5 Å². The van der Waals surface area contributed by atoms with Gasteiger partial charge in [-0.2, -0.15) is 0 Å². The van der Waals surface area contributed by atoms with Gasteiger partial charge in [-0.3, -0.25) is 14.2 Å². The van der Waals surface area contributed by atoms with Gasteiger partial charge in [0.25, 0.3) is 5.56 Å². The van der Waals surface area contributed by atoms with Crippen LogP contribution < -0.4 is 5.56 Å². The highest BCUT2D eigenvalue weighted by Crippen LogP contribution is 2.33. The monoisotopic (exact) mass is 399 g/mol. The van der Waals surface area contributed by atoms with Gasteiger partial charge >= 0.3 is 0 Å². The molecule has 0 bridgehead atoms. The van der Waals surface area contributed by atoms with Crippen LogP contribution in [0, 0.1) is 0 Å². The van der Waals surface area contributed by atoms with E-state index in [2.05, 4.69) is 16.4 Å². The predicted molar refractivity (Wildman–Crippen MR) is 109 cm³/mol. The number of carbonyl (C=O) groups excluding carboxylic acids is 1. The van der Waals surface area contributed by atoms with E-state index in [0.717, 1.165) is 42.4 Å². The topological polar surface area (TPSA) is 55.2 Å². The number of thiophene rings is 2. The first-order valence-electron chi connectivity index (χ1n) is 9.53. The summed E-state index contributed by atoms with van der Waals surface area (Å²) in [7, 11) is 0. The average Bonchev–Trinajstić information content (AvgIpc) is 3.31. The van der Waals surface area contributed by atoms with Crippen molar-refractivity contribution >= 4 is 38.8 Å². The fraction of sp³-hybridized carbons (Fsp3) is 0.450. The maximum Gasteiger partial charge on any atom is 0.262 e. The van der Waals surface area contributed by atoms with Gasteiger partial charge in [0.2, 0.25) is 5.91 Å². The van der Waals surface area contributed by atoms with Gasteiger partial charge in [-0.05, 0) is 54.7 Å². The lowest BCUT2D eigenvalue weighted by Gasteiger charge is -2.27. The Morgan fingerprint density at radius 2 is 2.07 bits per heavy atom. The van der Waals surface area contributed by atoms with Crippen LogP contribution in [0.1, 0.15) is 40.1 Å². The Morgan fingerprint density at radius 3 is 3.00 bits per heavy atom. The van der Waals surface area contributed by atoms with Gasteiger partial charge in [-0.1, -0.05) is 0 Å². The molecule has 3 aromatic heterocycles. The molecule has 140 valence electrons. The molecule has 7 heteroatoms. The molecule has 0 atom stereocenters. The van der Waals surface area contributed by atoms with Gasteiger partial charge in [0.05, 0.1) is 11.7 Å². The molecular formula is C20H21N3O2S2. The van der Waals surface area contributed by atoms with Crippen LogP contribution in [0.3, 0.4) is 0 Å². The quantitative estimate of drug-likeness (QED) is 0.678. The lowest BCUT2D eigenvalue weighted by molar-refractivity contribution is -0.132. The molecule has 1 aliphatic heterocycles. The van der Waals surface area contributed by atoms with Crippen LogP contribution in [-0.4, -0.2) is 26.9 Å². The molecule has 0 radical (unpaired) electrons. The van der Waals surface area contributed by atoms with E-state index in [1.54, 1.807) is 33.6 Å². The lowest BCUT2D eigenvalue weighted by Crippen LogP contribution is -2.36. The summed E-state index contributed by atoms with van der Waals surface area (Å²) < 4.78 is 1.63. The summed E-state index contributed by atoms with van der Waals surface area (Å²) >= 11 is 3.44. The van der Waals surface area contributed by atoms with Gasteiger partial charge in [0.15, 0.2) is 0 Å². The van der Waals surface area contributed by atoms with Gasteiger partial charge in [0, 0.05) is 35.8 Å². The zero-order valence-corrected chi connectivity index (χ0v) is 16.7. The van der Waals surface area contributed by atoms with Crippen LogP contribution in [0.4, 0.5) is 0 Å². The minimum Gasteiger partial charge on any atom is -0.338 e. The van der Waals surface area contributed by atoms with Crippen molar-refractivity contribution < 1.29 is 4.79 Å². The molecule has 0 unspecified atom stereocenters. The van der Waals surface area contributed by atoms with Gasteiger partial charge in [-0.25, -0.2) is 4.98 Å². The Morgan fingerprint density at radius 1 is 1.19 bits per heavy atom. The molecule has 0 fully saturated rings. The summed E-state index contributed by atoms with van der Waals surface area (Å²) in [6, 6.07) is 2.11. The minimum absolute atomic E-state index is 0.0194. The maximum atomic E-state index is 13.0. The second kappa shape index (κ2) is 6.87. The number of fused-ring (bicyclic) bond motifs is 4. The number of nitrogens with zero attached hydrogens (tertiary/aromatic N) is 3. The Balaban J connectivity index is 1.34. The molecule has 5 nitrogen and oxygen atoms in total. The number of amides is 1. The highest BCUT2D eigenvalue weighted by atomic mass is 32.1. The molecule has 0 N–H and O–H groups in total. The SMILES string of the molecule is O=C(CCn1cnc2sc3c(c2c1=O)CCCC3)N1CCc2sccc2C1.